The van der Waals surface area contributed by atoms with Crippen molar-refractivity contribution in [2.45, 2.75) is 78.4 Å². The minimum absolute atomic E-state index is 0.308. The van der Waals surface area contributed by atoms with Gasteiger partial charge >= 0.3 is 12.1 Å². The van der Waals surface area contributed by atoms with Gasteiger partial charge in [-0.15, -0.1) is 0 Å². The van der Waals surface area contributed by atoms with Crippen LogP contribution in [0.15, 0.2) is 101 Å². The van der Waals surface area contributed by atoms with Gasteiger partial charge < -0.3 is 24.2 Å². The van der Waals surface area contributed by atoms with Crippen molar-refractivity contribution in [3.63, 3.8) is 0 Å². The molecule has 0 aliphatic carbocycles. The molecule has 2 heterocycles. The van der Waals surface area contributed by atoms with Gasteiger partial charge in [0.1, 0.15) is 28.3 Å². The second kappa shape index (κ2) is 14.4. The van der Waals surface area contributed by atoms with Crippen LogP contribution in [0.25, 0.3) is 0 Å². The van der Waals surface area contributed by atoms with Gasteiger partial charge in [-0.25, -0.2) is 4.79 Å². The highest BCUT2D eigenvalue weighted by atomic mass is 16.6. The predicted molar refractivity (Wildman–Crippen MR) is 183 cm³/mol. The number of piperidine rings is 1. The van der Waals surface area contributed by atoms with Crippen LogP contribution in [0.4, 0.5) is 4.79 Å². The Labute approximate surface area is 278 Å². The van der Waals surface area contributed by atoms with E-state index in [1.54, 1.807) is 4.90 Å². The third-order valence-electron chi connectivity index (χ3n) is 8.94. The smallest absolute Gasteiger partial charge is 0.410 e. The van der Waals surface area contributed by atoms with Gasteiger partial charge in [0.15, 0.2) is 6.10 Å². The molecule has 8 heteroatoms. The first-order valence-corrected chi connectivity index (χ1v) is 16.5. The van der Waals surface area contributed by atoms with Crippen molar-refractivity contribution in [1.82, 2.24) is 4.90 Å². The lowest BCUT2D eigenvalue weighted by molar-refractivity contribution is -0.155. The summed E-state index contributed by atoms with van der Waals surface area (Å²) in [5, 5.41) is 11.4. The fraction of sp³-hybridized carbons (Fsp3) is 0.410. The maximum Gasteiger partial charge on any atom is 0.410 e. The van der Waals surface area contributed by atoms with Crippen molar-refractivity contribution in [3.8, 4) is 17.2 Å². The summed E-state index contributed by atoms with van der Waals surface area (Å²) >= 11 is 0. The van der Waals surface area contributed by atoms with E-state index < -0.39 is 23.1 Å². The molecule has 1 saturated heterocycles. The lowest BCUT2D eigenvalue weighted by Gasteiger charge is -2.48. The van der Waals surface area contributed by atoms with Gasteiger partial charge in [0, 0.05) is 25.2 Å². The van der Waals surface area contributed by atoms with Crippen LogP contribution in [-0.2, 0) is 16.0 Å². The number of allylic oxidation sites excluding steroid dienone is 1. The van der Waals surface area contributed by atoms with Gasteiger partial charge in [0.2, 0.25) is 0 Å². The number of likely N-dealkylation sites (tertiary alicyclic amines) is 1. The zero-order valence-corrected chi connectivity index (χ0v) is 28.1. The Morgan fingerprint density at radius 3 is 2.13 bits per heavy atom. The summed E-state index contributed by atoms with van der Waals surface area (Å²) in [6.45, 7) is 10.3. The average Bonchev–Trinajstić information content (AvgIpc) is 3.04. The number of para-hydroxylation sites is 2. The zero-order chi connectivity index (χ0) is 33.6. The molecule has 1 fully saturated rings. The Hall–Kier alpha value is -4.59. The number of carboxylic acid groups (broad SMARTS) is 1. The number of aliphatic carboxylic acids is 1. The lowest BCUT2D eigenvalue weighted by Crippen LogP contribution is -2.59. The molecule has 2 aliphatic heterocycles. The molecular weight excluding hydrogens is 592 g/mol. The normalized spacial score (nSPS) is 20.4. The number of hydrogen-bond donors (Lipinski definition) is 1. The molecule has 2 atom stereocenters. The molecule has 248 valence electrons. The first-order valence-electron chi connectivity index (χ1n) is 16.5. The SMILES string of the molecule is CCCC1=NC(Cc2cccc(Oc3ccccc3)c2)=C(C)C(C(=O)O)(C2CCN(C(=O)OC(C)(C)C)CC2)C1Oc1ccccc1. The van der Waals surface area contributed by atoms with Crippen LogP contribution in [0, 0.1) is 11.3 Å². The molecule has 1 amide bonds. The van der Waals surface area contributed by atoms with Crippen LogP contribution in [0.5, 0.6) is 17.2 Å². The number of aliphatic imine (C=N–C) groups is 1. The lowest BCUT2D eigenvalue weighted by atomic mass is 9.60. The Morgan fingerprint density at radius 1 is 0.915 bits per heavy atom. The van der Waals surface area contributed by atoms with Crippen LogP contribution in [0.2, 0.25) is 0 Å². The van der Waals surface area contributed by atoms with E-state index in [9.17, 15) is 14.7 Å². The maximum atomic E-state index is 13.9. The highest BCUT2D eigenvalue weighted by Gasteiger charge is 2.59. The van der Waals surface area contributed by atoms with Crippen molar-refractivity contribution in [1.29, 1.82) is 0 Å². The summed E-state index contributed by atoms with van der Waals surface area (Å²) in [5.41, 5.74) is 1.11. The second-order valence-electron chi connectivity index (χ2n) is 13.4. The summed E-state index contributed by atoms with van der Waals surface area (Å²) in [6, 6.07) is 26.9. The van der Waals surface area contributed by atoms with Crippen molar-refractivity contribution < 1.29 is 28.9 Å². The summed E-state index contributed by atoms with van der Waals surface area (Å²) in [6.07, 6.45) is 1.62. The highest BCUT2D eigenvalue weighted by Crippen LogP contribution is 2.50. The third kappa shape index (κ3) is 7.70. The minimum Gasteiger partial charge on any atom is -0.483 e. The van der Waals surface area contributed by atoms with E-state index in [1.165, 1.54) is 0 Å². The topological polar surface area (TPSA) is 97.7 Å². The molecule has 0 bridgehead atoms. The van der Waals surface area contributed by atoms with Crippen LogP contribution in [0.3, 0.4) is 0 Å². The number of ether oxygens (including phenoxy) is 3. The molecule has 8 nitrogen and oxygen atoms in total. The van der Waals surface area contributed by atoms with Gasteiger partial charge in [0.25, 0.3) is 0 Å². The number of hydrogen-bond acceptors (Lipinski definition) is 6. The van der Waals surface area contributed by atoms with Crippen molar-refractivity contribution >= 4 is 17.8 Å². The molecule has 3 aromatic carbocycles. The molecule has 0 aromatic heterocycles. The Bertz CT molecular complexity index is 1600. The van der Waals surface area contributed by atoms with E-state index in [1.807, 2.05) is 113 Å². The number of rotatable bonds is 10. The van der Waals surface area contributed by atoms with Crippen LogP contribution in [0.1, 0.15) is 65.9 Å². The van der Waals surface area contributed by atoms with Crippen molar-refractivity contribution in [2.75, 3.05) is 13.1 Å². The summed E-state index contributed by atoms with van der Waals surface area (Å²) in [4.78, 5) is 33.7. The average molecular weight is 639 g/mol. The van der Waals surface area contributed by atoms with Crippen LogP contribution in [-0.4, -0.2) is 52.6 Å². The Kier molecular flexibility index (Phi) is 10.4. The molecule has 1 N–H and O–H groups in total. The Balaban J connectivity index is 1.54. The summed E-state index contributed by atoms with van der Waals surface area (Å²) in [5.74, 6) is 0.792. The number of amides is 1. The summed E-state index contributed by atoms with van der Waals surface area (Å²) < 4.78 is 18.4. The van der Waals surface area contributed by atoms with Gasteiger partial charge in [-0.05, 0) is 100 Å². The minimum atomic E-state index is -1.39. The number of benzene rings is 3. The molecular formula is C39H46N2O6. The first kappa shape index (κ1) is 33.8. The van der Waals surface area contributed by atoms with E-state index in [0.29, 0.717) is 55.8 Å². The molecule has 5 rings (SSSR count). The van der Waals surface area contributed by atoms with E-state index in [0.717, 1.165) is 29.1 Å². The van der Waals surface area contributed by atoms with E-state index in [-0.39, 0.29) is 12.0 Å². The Morgan fingerprint density at radius 2 is 1.53 bits per heavy atom. The molecule has 3 aromatic rings. The quantitative estimate of drug-likeness (QED) is 0.239. The molecule has 0 spiro atoms. The van der Waals surface area contributed by atoms with Crippen molar-refractivity contribution in [3.05, 3.63) is 102 Å². The molecule has 47 heavy (non-hydrogen) atoms. The van der Waals surface area contributed by atoms with Gasteiger partial charge in [-0.1, -0.05) is 61.9 Å². The van der Waals surface area contributed by atoms with Gasteiger partial charge in [-0.2, -0.15) is 0 Å². The monoisotopic (exact) mass is 638 g/mol. The molecule has 2 aliphatic rings. The standard InChI is InChI=1S/C39H46N2O6/c1-6-14-33-35(46-31-18-11-8-12-19-31)39(36(42)43,29-21-23-41(24-22-29)37(44)47-38(3,4)5)27(2)34(40-33)26-28-15-13-20-32(25-28)45-30-16-9-7-10-17-30/h7-13,15-20,25,29,35H,6,14,21-24,26H2,1-5H3,(H,42,43). The van der Waals surface area contributed by atoms with Crippen LogP contribution < -0.4 is 9.47 Å². The van der Waals surface area contributed by atoms with E-state index >= 15 is 0 Å². The fourth-order valence-electron chi connectivity index (χ4n) is 6.77. The van der Waals surface area contributed by atoms with E-state index in [4.69, 9.17) is 19.2 Å². The van der Waals surface area contributed by atoms with E-state index in [2.05, 4.69) is 6.92 Å². The zero-order valence-electron chi connectivity index (χ0n) is 28.1. The second-order valence-corrected chi connectivity index (χ2v) is 13.4. The number of nitrogens with zero attached hydrogens (tertiary/aromatic N) is 2. The number of carbonyl (C=O) groups excluding carboxylic acids is 1. The van der Waals surface area contributed by atoms with Gasteiger partial charge in [-0.3, -0.25) is 9.79 Å². The van der Waals surface area contributed by atoms with Crippen LogP contribution >= 0.6 is 0 Å². The predicted octanol–water partition coefficient (Wildman–Crippen LogP) is 8.72. The van der Waals surface area contributed by atoms with Gasteiger partial charge in [0.05, 0.1) is 5.71 Å². The third-order valence-corrected chi connectivity index (χ3v) is 8.94. The number of carboxylic acids is 1. The molecule has 2 unspecified atom stereocenters. The molecule has 0 radical (unpaired) electrons. The number of carbonyl (C=O) groups is 2. The molecule has 0 saturated carbocycles. The van der Waals surface area contributed by atoms with Crippen molar-refractivity contribution in [2.24, 2.45) is 16.3 Å². The fourth-order valence-corrected chi connectivity index (χ4v) is 6.77. The highest BCUT2D eigenvalue weighted by molar-refractivity contribution is 5.98. The summed E-state index contributed by atoms with van der Waals surface area (Å²) in [7, 11) is 0. The maximum absolute atomic E-state index is 13.9. The largest absolute Gasteiger partial charge is 0.483 e. The first-order chi connectivity index (χ1) is 22.5.